The van der Waals surface area contributed by atoms with Crippen LogP contribution in [0.2, 0.25) is 0 Å². The molecule has 2 heterocycles. The van der Waals surface area contributed by atoms with Gasteiger partial charge >= 0.3 is 12.1 Å². The third kappa shape index (κ3) is 4.25. The number of carbonyl (C=O) groups is 4. The Labute approximate surface area is 156 Å². The third-order valence-corrected chi connectivity index (χ3v) is 4.89. The number of nitrogens with one attached hydrogen (secondary N) is 2. The van der Waals surface area contributed by atoms with Crippen LogP contribution in [0.5, 0.6) is 0 Å². The molecule has 9 heteroatoms. The fourth-order valence-electron chi connectivity index (χ4n) is 3.69. The summed E-state index contributed by atoms with van der Waals surface area (Å²) in [5.41, 5.74) is 5.08. The first-order chi connectivity index (χ1) is 12.9. The van der Waals surface area contributed by atoms with Crippen molar-refractivity contribution in [2.45, 2.75) is 31.3 Å². The van der Waals surface area contributed by atoms with Crippen LogP contribution < -0.4 is 16.4 Å². The van der Waals surface area contributed by atoms with Crippen LogP contribution in [0.3, 0.4) is 0 Å². The smallest absolute Gasteiger partial charge is 0.325 e. The van der Waals surface area contributed by atoms with E-state index in [2.05, 4.69) is 10.2 Å². The van der Waals surface area contributed by atoms with Crippen LogP contribution in [-0.4, -0.2) is 58.8 Å². The lowest BCUT2D eigenvalue weighted by atomic mass is 9.88. The van der Waals surface area contributed by atoms with Gasteiger partial charge in [0.25, 0.3) is 5.91 Å². The summed E-state index contributed by atoms with van der Waals surface area (Å²) in [7, 11) is 0. The van der Waals surface area contributed by atoms with Gasteiger partial charge in [0.1, 0.15) is 5.54 Å². The topological polar surface area (TPSA) is 125 Å². The van der Waals surface area contributed by atoms with Crippen LogP contribution in [0.1, 0.15) is 24.8 Å². The highest BCUT2D eigenvalue weighted by atomic mass is 16.2. The lowest BCUT2D eigenvalue weighted by Crippen LogP contribution is -2.58. The molecule has 1 unspecified atom stereocenters. The zero-order valence-electron chi connectivity index (χ0n) is 14.9. The lowest BCUT2D eigenvalue weighted by Gasteiger charge is -2.38. The molecule has 2 fully saturated rings. The lowest BCUT2D eigenvalue weighted by molar-refractivity contribution is -0.133. The Morgan fingerprint density at radius 1 is 1.22 bits per heavy atom. The maximum atomic E-state index is 12.9. The van der Waals surface area contributed by atoms with Gasteiger partial charge in [0.15, 0.2) is 0 Å². The standard InChI is InChI=1S/C18H23N5O4/c19-16(26)20-14(24)7-10-23-15(25)18(21-17(23)27)8-4-9-22(12-18)11-13-5-2-1-3-6-13/h1-3,5-6H,4,7-12H2,(H,21,27)(H3,19,20,24,26). The molecule has 2 aliphatic rings. The van der Waals surface area contributed by atoms with Crippen LogP contribution in [0.15, 0.2) is 30.3 Å². The van der Waals surface area contributed by atoms with Gasteiger partial charge < -0.3 is 11.1 Å². The van der Waals surface area contributed by atoms with E-state index >= 15 is 0 Å². The predicted molar refractivity (Wildman–Crippen MR) is 96.3 cm³/mol. The summed E-state index contributed by atoms with van der Waals surface area (Å²) in [5.74, 6) is -0.949. The molecule has 1 aromatic carbocycles. The fraction of sp³-hybridized carbons (Fsp3) is 0.444. The van der Waals surface area contributed by atoms with Crippen molar-refractivity contribution in [1.29, 1.82) is 0 Å². The van der Waals surface area contributed by atoms with Crippen LogP contribution in [0.25, 0.3) is 0 Å². The molecule has 6 amide bonds. The Morgan fingerprint density at radius 2 is 1.96 bits per heavy atom. The van der Waals surface area contributed by atoms with Gasteiger partial charge in [-0.15, -0.1) is 0 Å². The number of imide groups is 2. The highest BCUT2D eigenvalue weighted by molar-refractivity contribution is 6.07. The Morgan fingerprint density at radius 3 is 2.67 bits per heavy atom. The Kier molecular flexibility index (Phi) is 5.41. The van der Waals surface area contributed by atoms with Crippen molar-refractivity contribution in [2.24, 2.45) is 5.73 Å². The van der Waals surface area contributed by atoms with Crippen LogP contribution in [0.4, 0.5) is 9.59 Å². The van der Waals surface area contributed by atoms with Crippen LogP contribution in [-0.2, 0) is 16.1 Å². The minimum absolute atomic E-state index is 0.0930. The van der Waals surface area contributed by atoms with Gasteiger partial charge in [-0.2, -0.15) is 0 Å². The van der Waals surface area contributed by atoms with Gasteiger partial charge in [0.2, 0.25) is 5.91 Å². The number of hydrogen-bond donors (Lipinski definition) is 3. The first-order valence-electron chi connectivity index (χ1n) is 8.89. The fourth-order valence-corrected chi connectivity index (χ4v) is 3.69. The second kappa shape index (κ2) is 7.75. The molecule has 3 rings (SSSR count). The molecule has 0 radical (unpaired) electrons. The van der Waals surface area contributed by atoms with Crippen molar-refractivity contribution in [3.63, 3.8) is 0 Å². The zero-order chi connectivity index (χ0) is 19.4. The van der Waals surface area contributed by atoms with Gasteiger partial charge in [-0.25, -0.2) is 9.59 Å². The number of urea groups is 2. The normalized spacial score (nSPS) is 22.7. The average molecular weight is 373 g/mol. The van der Waals surface area contributed by atoms with Crippen molar-refractivity contribution in [3.05, 3.63) is 35.9 Å². The Bertz CT molecular complexity index is 753. The van der Waals surface area contributed by atoms with Crippen molar-refractivity contribution in [1.82, 2.24) is 20.4 Å². The van der Waals surface area contributed by atoms with Gasteiger partial charge in [-0.1, -0.05) is 30.3 Å². The van der Waals surface area contributed by atoms with E-state index in [1.165, 1.54) is 0 Å². The van der Waals surface area contributed by atoms with Crippen molar-refractivity contribution < 1.29 is 19.2 Å². The summed E-state index contributed by atoms with van der Waals surface area (Å²) in [6.45, 7) is 1.88. The second-order valence-corrected chi connectivity index (χ2v) is 6.93. The van der Waals surface area contributed by atoms with Crippen molar-refractivity contribution in [2.75, 3.05) is 19.6 Å². The molecule has 0 aromatic heterocycles. The first kappa shape index (κ1) is 18.8. The number of benzene rings is 1. The first-order valence-corrected chi connectivity index (χ1v) is 8.89. The van der Waals surface area contributed by atoms with E-state index in [4.69, 9.17) is 5.73 Å². The summed E-state index contributed by atoms with van der Waals surface area (Å²) in [5, 5.41) is 4.75. The highest BCUT2D eigenvalue weighted by Gasteiger charge is 2.52. The molecule has 27 heavy (non-hydrogen) atoms. The molecule has 2 saturated heterocycles. The van der Waals surface area contributed by atoms with E-state index in [9.17, 15) is 19.2 Å². The zero-order valence-corrected chi connectivity index (χ0v) is 14.9. The number of primary amides is 1. The molecular weight excluding hydrogens is 350 g/mol. The number of rotatable bonds is 5. The van der Waals surface area contributed by atoms with E-state index in [0.717, 1.165) is 23.4 Å². The van der Waals surface area contributed by atoms with Crippen molar-refractivity contribution >= 4 is 23.9 Å². The quantitative estimate of drug-likeness (QED) is 0.634. The van der Waals surface area contributed by atoms with Gasteiger partial charge in [0, 0.05) is 26.1 Å². The monoisotopic (exact) mass is 373 g/mol. The molecule has 2 aliphatic heterocycles. The number of amides is 6. The van der Waals surface area contributed by atoms with E-state index in [0.29, 0.717) is 19.5 Å². The molecule has 0 aliphatic carbocycles. The van der Waals surface area contributed by atoms with Gasteiger partial charge in [-0.05, 0) is 24.9 Å². The van der Waals surface area contributed by atoms with Crippen molar-refractivity contribution in [3.8, 4) is 0 Å². The minimum Gasteiger partial charge on any atom is -0.351 e. The number of nitrogens with two attached hydrogens (primary N) is 1. The number of carbonyl (C=O) groups excluding carboxylic acids is 4. The van der Waals surface area contributed by atoms with Gasteiger partial charge in [0.05, 0.1) is 0 Å². The average Bonchev–Trinajstić information content (AvgIpc) is 2.83. The summed E-state index contributed by atoms with van der Waals surface area (Å²) >= 11 is 0. The van der Waals surface area contributed by atoms with Crippen LogP contribution >= 0.6 is 0 Å². The minimum atomic E-state index is -0.961. The highest BCUT2D eigenvalue weighted by Crippen LogP contribution is 2.29. The maximum Gasteiger partial charge on any atom is 0.325 e. The summed E-state index contributed by atoms with van der Waals surface area (Å²) in [4.78, 5) is 50.7. The molecule has 1 aromatic rings. The van der Waals surface area contributed by atoms with E-state index in [-0.39, 0.29) is 18.9 Å². The SMILES string of the molecule is NC(=O)NC(=O)CCN1C(=O)NC2(CCCN(Cc3ccccc3)C2)C1=O. The van der Waals surface area contributed by atoms with E-state index in [1.807, 2.05) is 35.6 Å². The molecule has 1 atom stereocenters. The molecule has 1 spiro atoms. The number of piperidine rings is 1. The summed E-state index contributed by atoms with van der Waals surface area (Å²) < 4.78 is 0. The second-order valence-electron chi connectivity index (χ2n) is 6.93. The Hall–Kier alpha value is -2.94. The maximum absolute atomic E-state index is 12.9. The van der Waals surface area contributed by atoms with E-state index in [1.54, 1.807) is 0 Å². The molecule has 0 bridgehead atoms. The number of nitrogens with zero attached hydrogens (tertiary/aromatic N) is 2. The Balaban J connectivity index is 1.63. The summed E-state index contributed by atoms with van der Waals surface area (Å²) in [6, 6.07) is 8.48. The number of hydrogen-bond acceptors (Lipinski definition) is 5. The predicted octanol–water partition coefficient (Wildman–Crippen LogP) is 0.158. The van der Waals surface area contributed by atoms with Crippen LogP contribution in [0, 0.1) is 0 Å². The molecule has 144 valence electrons. The van der Waals surface area contributed by atoms with Gasteiger partial charge in [-0.3, -0.25) is 24.7 Å². The van der Waals surface area contributed by atoms with E-state index < -0.39 is 23.5 Å². The summed E-state index contributed by atoms with van der Waals surface area (Å²) in [6.07, 6.45) is 1.17. The molecule has 9 nitrogen and oxygen atoms in total. The third-order valence-electron chi connectivity index (χ3n) is 4.89. The molecular formula is C18H23N5O4. The largest absolute Gasteiger partial charge is 0.351 e. The number of likely N-dealkylation sites (tertiary alicyclic amines) is 1. The molecule has 4 N–H and O–H groups in total. The molecule has 0 saturated carbocycles.